The van der Waals surface area contributed by atoms with Crippen molar-refractivity contribution in [1.29, 1.82) is 0 Å². The lowest BCUT2D eigenvalue weighted by Crippen LogP contribution is -2.37. The zero-order valence-corrected chi connectivity index (χ0v) is 50.2. The maximum atomic E-state index is 10.6. The van der Waals surface area contributed by atoms with E-state index >= 15 is 0 Å². The Hall–Kier alpha value is -4.67. The fourth-order valence-corrected chi connectivity index (χ4v) is 8.04. The molecule has 77 heavy (non-hydrogen) atoms. The number of carbonyl (C=O) groups is 4. The molecule has 10 N–H and O–H groups in total. The molecule has 0 saturated carbocycles. The number of aliphatic hydroxyl groups is 4. The summed E-state index contributed by atoms with van der Waals surface area (Å²) in [6.45, 7) is 24.4. The predicted molar refractivity (Wildman–Crippen MR) is 313 cm³/mol. The molecule has 3 aromatic rings. The highest BCUT2D eigenvalue weighted by molar-refractivity contribution is 7.96. The Bertz CT molecular complexity index is 1980. The highest BCUT2D eigenvalue weighted by atomic mass is 32.1. The normalized spacial score (nSPS) is 11.4. The number of rotatable bonds is 26. The van der Waals surface area contributed by atoms with Crippen LogP contribution in [0.4, 0.5) is 0 Å². The smallest absolute Gasteiger partial charge is 0.303 e. The number of hydrogen-bond acceptors (Lipinski definition) is 11. The summed E-state index contributed by atoms with van der Waals surface area (Å²) in [4.78, 5) is 42.3. The number of hydrogen-bond donors (Lipinski definition) is 11. The number of phenolic OH excluding ortho intramolecular Hbond substituents is 3. The molecule has 0 spiro atoms. The Labute approximate surface area is 467 Å². The number of phenols is 3. The molecule has 0 amide bonds. The molecule has 15 heteroatoms. The molecular formula is C62H102O14S. The summed E-state index contributed by atoms with van der Waals surface area (Å²) in [5.41, 5.74) is 6.38. The lowest BCUT2D eigenvalue weighted by Gasteiger charge is -2.23. The number of unbranched alkanes of at least 4 members (excludes halogenated alkanes) is 11. The molecule has 14 nitrogen and oxygen atoms in total. The molecule has 0 aromatic heterocycles. The Morgan fingerprint density at radius 2 is 0.636 bits per heavy atom. The van der Waals surface area contributed by atoms with Gasteiger partial charge in [0.25, 0.3) is 0 Å². The molecule has 0 radical (unpaired) electrons. The van der Waals surface area contributed by atoms with Gasteiger partial charge in [-0.15, -0.1) is 12.6 Å². The number of aryl methyl sites for hydroxylation is 6. The zero-order chi connectivity index (χ0) is 59.7. The van der Waals surface area contributed by atoms with E-state index in [9.17, 15) is 34.5 Å². The number of thiol groups is 1. The van der Waals surface area contributed by atoms with Crippen LogP contribution in [0.2, 0.25) is 0 Å². The molecular weight excluding hydrogens is 1000 g/mol. The van der Waals surface area contributed by atoms with Crippen LogP contribution in [0.5, 0.6) is 17.2 Å². The molecule has 0 aliphatic rings. The highest BCUT2D eigenvalue weighted by Gasteiger charge is 2.27. The fourth-order valence-electron chi connectivity index (χ4n) is 7.88. The van der Waals surface area contributed by atoms with Crippen LogP contribution in [0, 0.1) is 26.2 Å². The van der Waals surface area contributed by atoms with Crippen LogP contribution in [0.15, 0.2) is 36.4 Å². The maximum Gasteiger partial charge on any atom is 0.303 e. The number of carboxylic acids is 3. The van der Waals surface area contributed by atoms with Crippen molar-refractivity contribution in [1.82, 2.24) is 0 Å². The predicted octanol–water partition coefficient (Wildman–Crippen LogP) is 12.5. The van der Waals surface area contributed by atoms with Crippen molar-refractivity contribution in [2.24, 2.45) is 5.41 Å². The van der Waals surface area contributed by atoms with Gasteiger partial charge in [-0.25, -0.2) is 0 Å². The van der Waals surface area contributed by atoms with Crippen molar-refractivity contribution in [3.63, 3.8) is 0 Å². The summed E-state index contributed by atoms with van der Waals surface area (Å²) >= 11 is 3.77. The van der Waals surface area contributed by atoms with E-state index in [2.05, 4.69) is 19.6 Å². The van der Waals surface area contributed by atoms with Crippen molar-refractivity contribution >= 4 is 35.7 Å². The van der Waals surface area contributed by atoms with E-state index in [1.54, 1.807) is 0 Å². The third-order valence-corrected chi connectivity index (χ3v) is 13.2. The number of benzene rings is 3. The van der Waals surface area contributed by atoms with Crippen LogP contribution in [0.3, 0.4) is 0 Å². The number of carbonyl (C=O) groups excluding carboxylic acids is 1. The van der Waals surface area contributed by atoms with E-state index < -0.39 is 49.8 Å². The first-order valence-corrected chi connectivity index (χ1v) is 27.9. The van der Waals surface area contributed by atoms with Crippen LogP contribution < -0.4 is 0 Å². The van der Waals surface area contributed by atoms with E-state index in [0.717, 1.165) is 56.5 Å². The Balaban J connectivity index is 0. The Morgan fingerprint density at radius 3 is 0.818 bits per heavy atom. The second kappa shape index (κ2) is 38.0. The molecule has 0 aliphatic heterocycles. The van der Waals surface area contributed by atoms with E-state index in [4.69, 9.17) is 35.7 Å². The monoisotopic (exact) mass is 1100 g/mol. The first-order chi connectivity index (χ1) is 35.7. The van der Waals surface area contributed by atoms with Gasteiger partial charge in [0.05, 0.1) is 31.8 Å². The molecule has 0 bridgehead atoms. The molecule has 0 atom stereocenters. The van der Waals surface area contributed by atoms with Crippen molar-refractivity contribution in [2.45, 2.75) is 228 Å². The van der Waals surface area contributed by atoms with Crippen molar-refractivity contribution < 1.29 is 70.2 Å². The standard InChI is InChI=1S/C15H30OS.3C14H20O3.C5H12O4/c1-2-3-4-5-6-7-8-9-10-11-12-13-14-15(16)17;3*1-9-7-10(5-6-12(15)16)8-11(13(9)17)14(2,3)4;6-1-5(2-7,3-8)4-9/h2-14H2,1H3,(H,16,17);3*7-8,17H,5-6H2,1-4H3,(H,15,16);6-9H,1-4H2. The third kappa shape index (κ3) is 32.7. The van der Waals surface area contributed by atoms with Crippen LogP contribution >= 0.6 is 12.6 Å². The van der Waals surface area contributed by atoms with Gasteiger partial charge < -0.3 is 51.1 Å². The van der Waals surface area contributed by atoms with Crippen LogP contribution in [-0.4, -0.2) is 101 Å². The third-order valence-electron chi connectivity index (χ3n) is 13.0. The molecule has 0 unspecified atom stereocenters. The molecule has 0 saturated heterocycles. The lowest BCUT2D eigenvalue weighted by molar-refractivity contribution is -0.138. The highest BCUT2D eigenvalue weighted by Crippen LogP contribution is 2.37. The molecule has 0 heterocycles. The van der Waals surface area contributed by atoms with E-state index in [1.165, 1.54) is 70.6 Å². The summed E-state index contributed by atoms with van der Waals surface area (Å²) in [5, 5.41) is 90.1. The molecule has 3 aromatic carbocycles. The minimum Gasteiger partial charge on any atom is -0.507 e. The first kappa shape index (κ1) is 74.4. The van der Waals surface area contributed by atoms with E-state index in [1.807, 2.05) is 119 Å². The zero-order valence-electron chi connectivity index (χ0n) is 49.3. The summed E-state index contributed by atoms with van der Waals surface area (Å²) in [6, 6.07) is 11.3. The largest absolute Gasteiger partial charge is 0.507 e. The Morgan fingerprint density at radius 1 is 0.403 bits per heavy atom. The summed E-state index contributed by atoms with van der Waals surface area (Å²) in [5.74, 6) is -1.45. The quantitative estimate of drug-likeness (QED) is 0.0264. The van der Waals surface area contributed by atoms with Crippen molar-refractivity contribution in [2.75, 3.05) is 26.4 Å². The van der Waals surface area contributed by atoms with Crippen LogP contribution in [-0.2, 0) is 54.7 Å². The minimum atomic E-state index is -1.11. The lowest BCUT2D eigenvalue weighted by atomic mass is 9.83. The number of aliphatic carboxylic acids is 3. The number of aliphatic hydroxyl groups excluding tert-OH is 4. The van der Waals surface area contributed by atoms with E-state index in [-0.39, 0.29) is 40.6 Å². The van der Waals surface area contributed by atoms with Crippen LogP contribution in [0.1, 0.15) is 222 Å². The van der Waals surface area contributed by atoms with Gasteiger partial charge in [-0.3, -0.25) is 19.2 Å². The van der Waals surface area contributed by atoms with Gasteiger partial charge in [-0.05, 0) is 113 Å². The van der Waals surface area contributed by atoms with Crippen LogP contribution in [0.25, 0.3) is 0 Å². The van der Waals surface area contributed by atoms with Gasteiger partial charge in [0, 0.05) is 25.7 Å². The van der Waals surface area contributed by atoms with Gasteiger partial charge >= 0.3 is 17.9 Å². The van der Waals surface area contributed by atoms with Crippen molar-refractivity contribution in [3.8, 4) is 17.2 Å². The summed E-state index contributed by atoms with van der Waals surface area (Å²) in [7, 11) is 0. The van der Waals surface area contributed by atoms with Gasteiger partial charge in [0.2, 0.25) is 0 Å². The number of carboxylic acid groups (broad SMARTS) is 3. The molecule has 0 fully saturated rings. The SMILES string of the molecule is CCCCCCCCCCCCCCC(=O)S.Cc1cc(CCC(=O)O)cc(C(C)(C)C)c1O.Cc1cc(CCC(=O)O)cc(C(C)(C)C)c1O.Cc1cc(CCC(=O)O)cc(C(C)(C)C)c1O.OCC(CO)(CO)CO. The average molecular weight is 1100 g/mol. The van der Waals surface area contributed by atoms with Crippen molar-refractivity contribution in [3.05, 3.63) is 86.5 Å². The fraction of sp³-hybridized carbons (Fsp3) is 0.645. The van der Waals surface area contributed by atoms with Gasteiger partial charge in [-0.2, -0.15) is 0 Å². The summed E-state index contributed by atoms with van der Waals surface area (Å²) < 4.78 is 0. The number of aromatic hydroxyl groups is 3. The molecule has 3 rings (SSSR count). The van der Waals surface area contributed by atoms with Gasteiger partial charge in [-0.1, -0.05) is 176 Å². The van der Waals surface area contributed by atoms with Gasteiger partial charge in [0.15, 0.2) is 5.12 Å². The second-order valence-electron chi connectivity index (χ2n) is 23.5. The average Bonchev–Trinajstić information content (AvgIpc) is 3.33. The summed E-state index contributed by atoms with van der Waals surface area (Å²) in [6.07, 6.45) is 18.6. The topological polar surface area (TPSA) is 271 Å². The van der Waals surface area contributed by atoms with E-state index in [0.29, 0.717) is 42.9 Å². The molecule has 0 aliphatic carbocycles. The first-order valence-electron chi connectivity index (χ1n) is 27.5. The second-order valence-corrected chi connectivity index (χ2v) is 24.0. The Kier molecular flexibility index (Phi) is 36.7. The maximum absolute atomic E-state index is 10.6. The molecule has 440 valence electrons. The minimum absolute atomic E-state index is 0.0390. The van der Waals surface area contributed by atoms with Gasteiger partial charge in [0.1, 0.15) is 17.2 Å².